The van der Waals surface area contributed by atoms with Gasteiger partial charge in [-0.2, -0.15) is 4.39 Å². The molecule has 0 bridgehead atoms. The van der Waals surface area contributed by atoms with Crippen LogP contribution in [0.4, 0.5) is 10.2 Å². The van der Waals surface area contributed by atoms with Gasteiger partial charge in [0.15, 0.2) is 0 Å². The van der Waals surface area contributed by atoms with Crippen molar-refractivity contribution in [3.05, 3.63) is 42.6 Å². The lowest BCUT2D eigenvalue weighted by atomic mass is 9.92. The van der Waals surface area contributed by atoms with Gasteiger partial charge in [0.1, 0.15) is 5.82 Å². The summed E-state index contributed by atoms with van der Waals surface area (Å²) >= 11 is 0. The van der Waals surface area contributed by atoms with Gasteiger partial charge in [0.25, 0.3) is 0 Å². The van der Waals surface area contributed by atoms with Crippen LogP contribution in [0.5, 0.6) is 0 Å². The third-order valence-electron chi connectivity index (χ3n) is 3.94. The van der Waals surface area contributed by atoms with Gasteiger partial charge < -0.3 is 11.1 Å². The fourth-order valence-corrected chi connectivity index (χ4v) is 2.74. The van der Waals surface area contributed by atoms with Gasteiger partial charge in [-0.05, 0) is 55.0 Å². The molecule has 0 aromatic carbocycles. The van der Waals surface area contributed by atoms with Gasteiger partial charge in [-0.15, -0.1) is 0 Å². The monoisotopic (exact) mass is 286 g/mol. The average Bonchev–Trinajstić information content (AvgIpc) is 2.50. The number of rotatable bonds is 3. The molecule has 2 aromatic heterocycles. The van der Waals surface area contributed by atoms with E-state index in [1.807, 2.05) is 12.1 Å². The fraction of sp³-hybridized carbons (Fsp3) is 0.375. The Bertz CT molecular complexity index is 609. The zero-order valence-electron chi connectivity index (χ0n) is 11.8. The zero-order chi connectivity index (χ0) is 14.7. The topological polar surface area (TPSA) is 63.8 Å². The van der Waals surface area contributed by atoms with Gasteiger partial charge >= 0.3 is 0 Å². The number of nitrogens with two attached hydrogens (primary N) is 1. The predicted octanol–water partition coefficient (Wildman–Crippen LogP) is 2.96. The van der Waals surface area contributed by atoms with Crippen LogP contribution in [0.2, 0.25) is 0 Å². The lowest BCUT2D eigenvalue weighted by molar-refractivity contribution is 0.410. The van der Waals surface area contributed by atoms with E-state index in [1.165, 1.54) is 12.3 Å². The van der Waals surface area contributed by atoms with E-state index < -0.39 is 5.95 Å². The number of halogens is 1. The highest BCUT2D eigenvalue weighted by Crippen LogP contribution is 2.24. The van der Waals surface area contributed by atoms with Crippen molar-refractivity contribution in [2.24, 2.45) is 5.73 Å². The van der Waals surface area contributed by atoms with Crippen molar-refractivity contribution in [2.75, 3.05) is 5.32 Å². The molecule has 0 amide bonds. The smallest absolute Gasteiger partial charge is 0.213 e. The molecule has 4 nitrogen and oxygen atoms in total. The highest BCUT2D eigenvalue weighted by Gasteiger charge is 2.18. The normalized spacial score (nSPS) is 22.0. The molecule has 5 heteroatoms. The van der Waals surface area contributed by atoms with Gasteiger partial charge in [-0.3, -0.25) is 0 Å². The quantitative estimate of drug-likeness (QED) is 0.851. The lowest BCUT2D eigenvalue weighted by Crippen LogP contribution is -2.32. The van der Waals surface area contributed by atoms with Gasteiger partial charge in [-0.25, -0.2) is 9.97 Å². The summed E-state index contributed by atoms with van der Waals surface area (Å²) in [6.45, 7) is 0. The summed E-state index contributed by atoms with van der Waals surface area (Å²) in [5, 5.41) is 3.45. The van der Waals surface area contributed by atoms with Crippen molar-refractivity contribution >= 4 is 5.82 Å². The van der Waals surface area contributed by atoms with Crippen LogP contribution in [0.25, 0.3) is 11.1 Å². The molecule has 1 aliphatic rings. The number of aromatic nitrogens is 2. The number of hydrogen-bond donors (Lipinski definition) is 2. The molecule has 1 aliphatic carbocycles. The molecule has 3 N–H and O–H groups in total. The van der Waals surface area contributed by atoms with E-state index in [0.717, 1.165) is 42.6 Å². The summed E-state index contributed by atoms with van der Waals surface area (Å²) in [5.41, 5.74) is 7.66. The Kier molecular flexibility index (Phi) is 4.10. The maximum atomic E-state index is 13.2. The van der Waals surface area contributed by atoms with E-state index in [2.05, 4.69) is 15.3 Å². The predicted molar refractivity (Wildman–Crippen MR) is 81.3 cm³/mol. The minimum atomic E-state index is -0.472. The second kappa shape index (κ2) is 6.18. The fourth-order valence-electron chi connectivity index (χ4n) is 2.74. The van der Waals surface area contributed by atoms with E-state index >= 15 is 0 Å². The molecule has 0 spiro atoms. The van der Waals surface area contributed by atoms with Crippen LogP contribution in [0.3, 0.4) is 0 Å². The number of nitrogens with one attached hydrogen (secondary N) is 1. The Labute approximate surface area is 123 Å². The van der Waals surface area contributed by atoms with Crippen LogP contribution in [0.15, 0.2) is 36.7 Å². The maximum absolute atomic E-state index is 13.2. The first-order valence-electron chi connectivity index (χ1n) is 7.31. The number of pyridine rings is 2. The van der Waals surface area contributed by atoms with Gasteiger partial charge in [0.05, 0.1) is 0 Å². The van der Waals surface area contributed by atoms with Crippen LogP contribution in [0.1, 0.15) is 25.7 Å². The summed E-state index contributed by atoms with van der Waals surface area (Å²) in [5.74, 6) is 0.352. The second-order valence-electron chi connectivity index (χ2n) is 5.55. The van der Waals surface area contributed by atoms with Crippen LogP contribution in [0, 0.1) is 5.95 Å². The summed E-state index contributed by atoms with van der Waals surface area (Å²) in [4.78, 5) is 7.93. The van der Waals surface area contributed by atoms with Gasteiger partial charge in [-0.1, -0.05) is 0 Å². The molecule has 1 fully saturated rings. The SMILES string of the molecule is NC1CCC(Nc2cc(-c3ccnc(F)c3)ccn2)CC1. The Balaban J connectivity index is 1.74. The summed E-state index contributed by atoms with van der Waals surface area (Å²) in [6.07, 6.45) is 7.44. The highest BCUT2D eigenvalue weighted by atomic mass is 19.1. The summed E-state index contributed by atoms with van der Waals surface area (Å²) in [6, 6.07) is 7.80. The average molecular weight is 286 g/mol. The first-order chi connectivity index (χ1) is 10.2. The third kappa shape index (κ3) is 3.55. The summed E-state index contributed by atoms with van der Waals surface area (Å²) < 4.78 is 13.2. The molecule has 0 saturated heterocycles. The molecule has 0 atom stereocenters. The molecule has 2 heterocycles. The van der Waals surface area contributed by atoms with E-state index in [0.29, 0.717) is 12.1 Å². The van der Waals surface area contributed by atoms with Crippen molar-refractivity contribution in [1.82, 2.24) is 9.97 Å². The van der Waals surface area contributed by atoms with E-state index in [9.17, 15) is 4.39 Å². The van der Waals surface area contributed by atoms with E-state index in [-0.39, 0.29) is 0 Å². The molecular weight excluding hydrogens is 267 g/mol. The largest absolute Gasteiger partial charge is 0.367 e. The van der Waals surface area contributed by atoms with Crippen molar-refractivity contribution in [3.63, 3.8) is 0 Å². The van der Waals surface area contributed by atoms with Crippen molar-refractivity contribution in [2.45, 2.75) is 37.8 Å². The zero-order valence-corrected chi connectivity index (χ0v) is 11.8. The Hall–Kier alpha value is -2.01. The van der Waals surface area contributed by atoms with E-state index in [4.69, 9.17) is 5.73 Å². The Morgan fingerprint density at radius 1 is 1.00 bits per heavy atom. The summed E-state index contributed by atoms with van der Waals surface area (Å²) in [7, 11) is 0. The molecular formula is C16H19FN4. The maximum Gasteiger partial charge on any atom is 0.213 e. The molecule has 1 saturated carbocycles. The van der Waals surface area contributed by atoms with Crippen LogP contribution >= 0.6 is 0 Å². The van der Waals surface area contributed by atoms with E-state index in [1.54, 1.807) is 12.3 Å². The van der Waals surface area contributed by atoms with Crippen LogP contribution in [-0.2, 0) is 0 Å². The van der Waals surface area contributed by atoms with Gasteiger partial charge in [0.2, 0.25) is 5.95 Å². The molecule has 2 aromatic rings. The molecule has 0 unspecified atom stereocenters. The van der Waals surface area contributed by atoms with Crippen LogP contribution < -0.4 is 11.1 Å². The first kappa shape index (κ1) is 13.9. The van der Waals surface area contributed by atoms with Crippen molar-refractivity contribution < 1.29 is 4.39 Å². The first-order valence-corrected chi connectivity index (χ1v) is 7.31. The molecule has 110 valence electrons. The van der Waals surface area contributed by atoms with Crippen molar-refractivity contribution in [1.29, 1.82) is 0 Å². The molecule has 3 rings (SSSR count). The molecule has 21 heavy (non-hydrogen) atoms. The molecule has 0 aliphatic heterocycles. The lowest BCUT2D eigenvalue weighted by Gasteiger charge is -2.27. The Morgan fingerprint density at radius 2 is 1.67 bits per heavy atom. The van der Waals surface area contributed by atoms with Crippen molar-refractivity contribution in [3.8, 4) is 11.1 Å². The second-order valence-corrected chi connectivity index (χ2v) is 5.55. The standard InChI is InChI=1S/C16H19FN4/c17-15-9-11(5-7-19-15)12-6-8-20-16(10-12)21-14-3-1-13(18)2-4-14/h5-10,13-14H,1-4,18H2,(H,20,21). The van der Waals surface area contributed by atoms with Gasteiger partial charge in [0, 0.05) is 30.5 Å². The number of anilines is 1. The number of nitrogens with zero attached hydrogens (tertiary/aromatic N) is 2. The minimum absolute atomic E-state index is 0.335. The number of hydrogen-bond acceptors (Lipinski definition) is 4. The van der Waals surface area contributed by atoms with Crippen LogP contribution in [-0.4, -0.2) is 22.1 Å². The Morgan fingerprint density at radius 3 is 2.38 bits per heavy atom. The third-order valence-corrected chi connectivity index (χ3v) is 3.94. The molecule has 0 radical (unpaired) electrons. The minimum Gasteiger partial charge on any atom is -0.367 e. The highest BCUT2D eigenvalue weighted by molar-refractivity contribution is 5.65.